The summed E-state index contributed by atoms with van der Waals surface area (Å²) in [4.78, 5) is 35.7. The number of piperidine rings is 1. The number of hydrogen-bond donors (Lipinski definition) is 4. The first-order valence-corrected chi connectivity index (χ1v) is 14.0. The maximum absolute atomic E-state index is 13.3. The summed E-state index contributed by atoms with van der Waals surface area (Å²) in [7, 11) is 0. The molecule has 222 valence electrons. The van der Waals surface area contributed by atoms with Crippen molar-refractivity contribution in [3.63, 3.8) is 0 Å². The fraction of sp³-hybridized carbons (Fsp3) is 0.536. The summed E-state index contributed by atoms with van der Waals surface area (Å²) in [6.45, 7) is 1.64. The van der Waals surface area contributed by atoms with Crippen LogP contribution < -0.4 is 16.8 Å². The van der Waals surface area contributed by atoms with Crippen molar-refractivity contribution in [2.45, 2.75) is 63.5 Å². The lowest BCUT2D eigenvalue weighted by molar-refractivity contribution is -0.136. The number of rotatable bonds is 13. The van der Waals surface area contributed by atoms with Crippen LogP contribution in [0.5, 0.6) is 0 Å². The molecular weight excluding hydrogens is 534 g/mol. The van der Waals surface area contributed by atoms with E-state index in [1.165, 1.54) is 11.1 Å². The van der Waals surface area contributed by atoms with Gasteiger partial charge >= 0.3 is 0 Å². The number of nitrogens with two attached hydrogens (primary N) is 2. The highest BCUT2D eigenvalue weighted by atomic mass is 19.3. The molecule has 2 amide bonds. The quantitative estimate of drug-likeness (QED) is 0.212. The Morgan fingerprint density at radius 3 is 2.54 bits per heavy atom. The molecule has 2 fully saturated rings. The van der Waals surface area contributed by atoms with Crippen molar-refractivity contribution in [3.8, 4) is 0 Å². The van der Waals surface area contributed by atoms with E-state index < -0.39 is 30.3 Å². The summed E-state index contributed by atoms with van der Waals surface area (Å²) >= 11 is 0. The second kappa shape index (κ2) is 13.8. The second-order valence-electron chi connectivity index (χ2n) is 10.4. The Labute approximate surface area is 237 Å². The number of pyridine rings is 1. The molecular formula is C28H38F2N8O3. The number of nitrogens with zero attached hydrogens (tertiary/aromatic N) is 5. The highest BCUT2D eigenvalue weighted by molar-refractivity contribution is 6.09. The molecule has 2 aromatic rings. The van der Waals surface area contributed by atoms with Gasteiger partial charge in [-0.1, -0.05) is 18.9 Å². The van der Waals surface area contributed by atoms with Gasteiger partial charge in [0, 0.05) is 50.2 Å². The number of likely N-dealkylation sites (tertiary alicyclic amines) is 1. The Bertz CT molecular complexity index is 1270. The zero-order valence-corrected chi connectivity index (χ0v) is 23.0. The Morgan fingerprint density at radius 2 is 1.88 bits per heavy atom. The molecule has 1 saturated heterocycles. The van der Waals surface area contributed by atoms with Crippen LogP contribution >= 0.6 is 0 Å². The lowest BCUT2D eigenvalue weighted by Gasteiger charge is -2.32. The molecule has 1 unspecified atom stereocenters. The molecule has 0 spiro atoms. The summed E-state index contributed by atoms with van der Waals surface area (Å²) < 4.78 is 28.3. The molecule has 0 radical (unpaired) electrons. The number of nitrogens with one attached hydrogen (secondary N) is 1. The normalized spacial score (nSPS) is 19.1. The van der Waals surface area contributed by atoms with E-state index in [9.17, 15) is 23.5 Å². The molecule has 41 heavy (non-hydrogen) atoms. The van der Waals surface area contributed by atoms with Crippen molar-refractivity contribution in [2.75, 3.05) is 31.5 Å². The van der Waals surface area contributed by atoms with E-state index in [4.69, 9.17) is 11.5 Å². The molecule has 1 saturated carbocycles. The molecule has 0 aromatic carbocycles. The van der Waals surface area contributed by atoms with Crippen molar-refractivity contribution in [2.24, 2.45) is 22.4 Å². The third kappa shape index (κ3) is 7.73. The zero-order valence-electron chi connectivity index (χ0n) is 23.0. The zero-order chi connectivity index (χ0) is 29.4. The number of anilines is 1. The Kier molecular flexibility index (Phi) is 10.2. The maximum Gasteiger partial charge on any atom is 0.274 e. The number of aliphatic hydroxyl groups excluding tert-OH is 1. The van der Waals surface area contributed by atoms with E-state index in [-0.39, 0.29) is 23.9 Å². The lowest BCUT2D eigenvalue weighted by atomic mass is 10.0. The standard InChI is InChI=1S/C28H38F2N8O3/c29-28(30)14-21(28)27(41)37-12-8-20(9-13-37)38-17-24(25(18-39)36-38)35-26(40)23-7-5-6-22(34-23)19(15-32)16-33-11-4-2-1-3-10-31/h5-7,15-17,20-21,39H,1-4,8-14,18,31-32H2,(H,35,40). The van der Waals surface area contributed by atoms with Gasteiger partial charge in [0.25, 0.3) is 11.8 Å². The average Bonchev–Trinajstić information content (AvgIpc) is 3.43. The molecule has 13 heteroatoms. The van der Waals surface area contributed by atoms with Crippen molar-refractivity contribution >= 4 is 29.3 Å². The van der Waals surface area contributed by atoms with E-state index in [0.29, 0.717) is 56.0 Å². The third-order valence-corrected chi connectivity index (χ3v) is 7.41. The molecule has 2 aliphatic rings. The van der Waals surface area contributed by atoms with Gasteiger partial charge in [0.2, 0.25) is 5.91 Å². The Hall–Kier alpha value is -3.71. The third-order valence-electron chi connectivity index (χ3n) is 7.41. The fourth-order valence-corrected chi connectivity index (χ4v) is 4.86. The monoisotopic (exact) mass is 572 g/mol. The van der Waals surface area contributed by atoms with E-state index >= 15 is 0 Å². The topological polar surface area (TPSA) is 165 Å². The lowest BCUT2D eigenvalue weighted by Crippen LogP contribution is -2.40. The Balaban J connectivity index is 1.35. The molecule has 2 aromatic heterocycles. The van der Waals surface area contributed by atoms with Crippen molar-refractivity contribution in [3.05, 3.63) is 47.7 Å². The van der Waals surface area contributed by atoms with Crippen LogP contribution in [-0.2, 0) is 11.4 Å². The first kappa shape index (κ1) is 30.3. The number of amides is 2. The van der Waals surface area contributed by atoms with Gasteiger partial charge in [0.05, 0.1) is 24.0 Å². The first-order valence-electron chi connectivity index (χ1n) is 14.0. The number of allylic oxidation sites excluding steroid dienone is 1. The summed E-state index contributed by atoms with van der Waals surface area (Å²) in [6.07, 6.45) is 9.43. The molecule has 0 bridgehead atoms. The van der Waals surface area contributed by atoms with Crippen LogP contribution in [0.3, 0.4) is 0 Å². The maximum atomic E-state index is 13.3. The highest BCUT2D eigenvalue weighted by Crippen LogP contribution is 2.49. The van der Waals surface area contributed by atoms with Gasteiger partial charge in [-0.15, -0.1) is 0 Å². The molecule has 6 N–H and O–H groups in total. The average molecular weight is 573 g/mol. The van der Waals surface area contributed by atoms with E-state index in [2.05, 4.69) is 20.4 Å². The number of halogens is 2. The number of aliphatic imine (C=N–C) groups is 1. The van der Waals surface area contributed by atoms with Gasteiger partial charge in [-0.2, -0.15) is 5.10 Å². The molecule has 3 heterocycles. The van der Waals surface area contributed by atoms with Crippen LogP contribution in [0, 0.1) is 5.92 Å². The molecule has 1 aliphatic heterocycles. The minimum atomic E-state index is -2.88. The number of unbranched alkanes of at least 4 members (excludes halogenated alkanes) is 3. The van der Waals surface area contributed by atoms with Crippen molar-refractivity contribution in [1.82, 2.24) is 19.7 Å². The summed E-state index contributed by atoms with van der Waals surface area (Å²) in [5, 5.41) is 17.0. The van der Waals surface area contributed by atoms with E-state index in [1.54, 1.807) is 35.3 Å². The van der Waals surface area contributed by atoms with E-state index in [1.807, 2.05) is 0 Å². The number of carbonyl (C=O) groups excluding carboxylic acids is 2. The van der Waals surface area contributed by atoms with Crippen LogP contribution in [-0.4, -0.2) is 74.9 Å². The number of hydrogen-bond acceptors (Lipinski definition) is 8. The van der Waals surface area contributed by atoms with Crippen LogP contribution in [0.2, 0.25) is 0 Å². The van der Waals surface area contributed by atoms with E-state index in [0.717, 1.165) is 25.7 Å². The molecule has 11 nitrogen and oxygen atoms in total. The van der Waals surface area contributed by atoms with Crippen LogP contribution in [0.4, 0.5) is 14.5 Å². The van der Waals surface area contributed by atoms with Crippen LogP contribution in [0.25, 0.3) is 5.57 Å². The second-order valence-corrected chi connectivity index (χ2v) is 10.4. The van der Waals surface area contributed by atoms with Gasteiger partial charge < -0.3 is 26.8 Å². The van der Waals surface area contributed by atoms with Gasteiger partial charge in [0.15, 0.2) is 0 Å². The number of aromatic nitrogens is 3. The van der Waals surface area contributed by atoms with Crippen LogP contribution in [0.15, 0.2) is 35.6 Å². The predicted octanol–water partition coefficient (Wildman–Crippen LogP) is 2.73. The molecule has 1 aliphatic carbocycles. The smallest absolute Gasteiger partial charge is 0.274 e. The minimum absolute atomic E-state index is 0.103. The van der Waals surface area contributed by atoms with Gasteiger partial charge in [-0.05, 0) is 44.4 Å². The Morgan fingerprint density at radius 1 is 1.17 bits per heavy atom. The summed E-state index contributed by atoms with van der Waals surface area (Å²) in [5.41, 5.74) is 13.2. The van der Waals surface area contributed by atoms with Crippen LogP contribution in [0.1, 0.15) is 72.9 Å². The van der Waals surface area contributed by atoms with Crippen molar-refractivity contribution < 1.29 is 23.5 Å². The number of aliphatic hydroxyl groups is 1. The van der Waals surface area contributed by atoms with Crippen molar-refractivity contribution in [1.29, 1.82) is 0 Å². The SMILES string of the molecule is NC=C(C=NCCCCCCN)c1cccc(C(=O)Nc2cn(C3CCN(C(=O)C4CC4(F)F)CC3)nc2CO)n1. The van der Waals surface area contributed by atoms with Gasteiger partial charge in [0.1, 0.15) is 17.3 Å². The fourth-order valence-electron chi connectivity index (χ4n) is 4.86. The number of alkyl halides is 2. The first-order chi connectivity index (χ1) is 19.8. The number of carbonyl (C=O) groups is 2. The highest BCUT2D eigenvalue weighted by Gasteiger charge is 2.62. The molecule has 4 rings (SSSR count). The molecule has 1 atom stereocenters. The minimum Gasteiger partial charge on any atom is -0.404 e. The summed E-state index contributed by atoms with van der Waals surface area (Å²) in [5.74, 6) is -5.06. The summed E-state index contributed by atoms with van der Waals surface area (Å²) in [6, 6.07) is 4.90. The van der Waals surface area contributed by atoms with Gasteiger partial charge in [-0.25, -0.2) is 13.8 Å². The van der Waals surface area contributed by atoms with Gasteiger partial charge in [-0.3, -0.25) is 19.3 Å². The largest absolute Gasteiger partial charge is 0.404 e. The predicted molar refractivity (Wildman–Crippen MR) is 151 cm³/mol.